The van der Waals surface area contributed by atoms with Gasteiger partial charge in [-0.15, -0.1) is 11.3 Å². The highest BCUT2D eigenvalue weighted by Gasteiger charge is 2.29. The van der Waals surface area contributed by atoms with Crippen molar-refractivity contribution in [3.63, 3.8) is 0 Å². The van der Waals surface area contributed by atoms with E-state index >= 15 is 0 Å². The van der Waals surface area contributed by atoms with Crippen LogP contribution in [0.25, 0.3) is 0 Å². The quantitative estimate of drug-likeness (QED) is 0.853. The van der Waals surface area contributed by atoms with Gasteiger partial charge < -0.3 is 10.4 Å². The minimum atomic E-state index is -0.968. The number of aliphatic hydroxyl groups excluding tert-OH is 1. The molecule has 0 bridgehead atoms. The van der Waals surface area contributed by atoms with E-state index in [0.29, 0.717) is 0 Å². The zero-order valence-electron chi connectivity index (χ0n) is 10.2. The van der Waals surface area contributed by atoms with Crippen molar-refractivity contribution < 1.29 is 9.90 Å². The van der Waals surface area contributed by atoms with Crippen LogP contribution in [0.15, 0.2) is 17.5 Å². The molecule has 0 fully saturated rings. The largest absolute Gasteiger partial charge is 0.384 e. The molecule has 90 valence electrons. The molecule has 0 radical (unpaired) electrons. The van der Waals surface area contributed by atoms with Gasteiger partial charge in [-0.1, -0.05) is 26.8 Å². The molecule has 0 aromatic carbocycles. The molecule has 2 N–H and O–H groups in total. The third-order valence-electron chi connectivity index (χ3n) is 2.36. The van der Waals surface area contributed by atoms with E-state index in [1.807, 2.05) is 17.5 Å². The lowest BCUT2D eigenvalue weighted by molar-refractivity contribution is -0.130. The van der Waals surface area contributed by atoms with Gasteiger partial charge in [0.2, 0.25) is 5.91 Å². The van der Waals surface area contributed by atoms with Crippen molar-refractivity contribution in [2.24, 2.45) is 5.41 Å². The zero-order chi connectivity index (χ0) is 12.3. The second-order valence-corrected chi connectivity index (χ2v) is 5.98. The second kappa shape index (κ2) is 4.97. The Balaban J connectivity index is 2.86. The van der Waals surface area contributed by atoms with Gasteiger partial charge in [-0.05, 0) is 23.8 Å². The fraction of sp³-hybridized carbons (Fsp3) is 0.583. The number of nitrogens with one attached hydrogen (secondary N) is 1. The number of carbonyl (C=O) groups is 1. The highest BCUT2D eigenvalue weighted by Crippen LogP contribution is 2.35. The summed E-state index contributed by atoms with van der Waals surface area (Å²) in [6.07, 6.45) is -0.968. The Bertz CT molecular complexity index is 338. The van der Waals surface area contributed by atoms with E-state index in [2.05, 4.69) is 26.1 Å². The predicted molar refractivity (Wildman–Crippen MR) is 66.3 cm³/mol. The van der Waals surface area contributed by atoms with Crippen LogP contribution < -0.4 is 5.32 Å². The monoisotopic (exact) mass is 241 g/mol. The molecule has 2 atom stereocenters. The van der Waals surface area contributed by atoms with Crippen LogP contribution in [-0.4, -0.2) is 17.1 Å². The number of thiophene rings is 1. The number of hydrogen-bond donors (Lipinski definition) is 2. The lowest BCUT2D eigenvalue weighted by Crippen LogP contribution is -2.40. The van der Waals surface area contributed by atoms with Crippen LogP contribution in [0.2, 0.25) is 0 Å². The average Bonchev–Trinajstić information content (AvgIpc) is 2.63. The van der Waals surface area contributed by atoms with Crippen LogP contribution in [0.3, 0.4) is 0 Å². The van der Waals surface area contributed by atoms with Gasteiger partial charge in [0.25, 0.3) is 0 Å². The summed E-state index contributed by atoms with van der Waals surface area (Å²) in [5, 5.41) is 14.1. The van der Waals surface area contributed by atoms with E-state index in [0.717, 1.165) is 4.88 Å². The van der Waals surface area contributed by atoms with E-state index in [4.69, 9.17) is 0 Å². The first kappa shape index (κ1) is 13.2. The van der Waals surface area contributed by atoms with Gasteiger partial charge in [-0.2, -0.15) is 0 Å². The zero-order valence-corrected chi connectivity index (χ0v) is 11.0. The van der Waals surface area contributed by atoms with Crippen molar-refractivity contribution in [1.29, 1.82) is 0 Å². The Hall–Kier alpha value is -0.870. The number of rotatable bonds is 3. The summed E-state index contributed by atoms with van der Waals surface area (Å²) in [7, 11) is 0. The molecule has 4 heteroatoms. The molecule has 1 aromatic heterocycles. The van der Waals surface area contributed by atoms with Gasteiger partial charge in [0.15, 0.2) is 0 Å². The van der Waals surface area contributed by atoms with Crippen LogP contribution in [0.4, 0.5) is 0 Å². The third kappa shape index (κ3) is 3.32. The Morgan fingerprint density at radius 3 is 2.50 bits per heavy atom. The maximum Gasteiger partial charge on any atom is 0.249 e. The molecule has 1 amide bonds. The summed E-state index contributed by atoms with van der Waals surface area (Å²) in [6.45, 7) is 7.68. The summed E-state index contributed by atoms with van der Waals surface area (Å²) in [6, 6.07) is 3.91. The second-order valence-electron chi connectivity index (χ2n) is 5.00. The first-order valence-electron chi connectivity index (χ1n) is 5.34. The van der Waals surface area contributed by atoms with Crippen LogP contribution >= 0.6 is 11.3 Å². The van der Waals surface area contributed by atoms with Gasteiger partial charge in [0, 0.05) is 4.88 Å². The third-order valence-corrected chi connectivity index (χ3v) is 3.30. The summed E-state index contributed by atoms with van der Waals surface area (Å²) in [4.78, 5) is 12.7. The number of amides is 1. The lowest BCUT2D eigenvalue weighted by atomic mass is 9.85. The number of hydrogen-bond acceptors (Lipinski definition) is 3. The molecule has 1 heterocycles. The molecule has 1 aromatic rings. The smallest absolute Gasteiger partial charge is 0.249 e. The predicted octanol–water partition coefficient (Wildman–Crippen LogP) is 2.33. The van der Waals surface area contributed by atoms with Gasteiger partial charge in [0.05, 0.1) is 6.04 Å². The maximum absolute atomic E-state index is 11.5. The minimum Gasteiger partial charge on any atom is -0.384 e. The summed E-state index contributed by atoms with van der Waals surface area (Å²) >= 11 is 1.62. The van der Waals surface area contributed by atoms with E-state index < -0.39 is 6.10 Å². The Labute approximate surface area is 100 Å². The van der Waals surface area contributed by atoms with Crippen LogP contribution in [0, 0.1) is 5.41 Å². The molecule has 0 aliphatic heterocycles. The summed E-state index contributed by atoms with van der Waals surface area (Å²) in [5.74, 6) is -0.326. The number of carbonyl (C=O) groups excluding carboxylic acids is 1. The van der Waals surface area contributed by atoms with Crippen molar-refractivity contribution in [3.8, 4) is 0 Å². The Morgan fingerprint density at radius 1 is 1.50 bits per heavy atom. The molecule has 0 aliphatic rings. The maximum atomic E-state index is 11.5. The molecule has 16 heavy (non-hydrogen) atoms. The highest BCUT2D eigenvalue weighted by molar-refractivity contribution is 7.10. The first-order valence-corrected chi connectivity index (χ1v) is 6.22. The molecule has 0 aliphatic carbocycles. The summed E-state index contributed by atoms with van der Waals surface area (Å²) < 4.78 is 0. The van der Waals surface area contributed by atoms with Crippen molar-refractivity contribution in [2.75, 3.05) is 0 Å². The minimum absolute atomic E-state index is 0.0606. The van der Waals surface area contributed by atoms with Crippen molar-refractivity contribution in [1.82, 2.24) is 5.32 Å². The van der Waals surface area contributed by atoms with Gasteiger partial charge in [0.1, 0.15) is 6.10 Å². The topological polar surface area (TPSA) is 49.3 Å². The molecule has 1 rings (SSSR count). The van der Waals surface area contributed by atoms with Crippen molar-refractivity contribution in [2.45, 2.75) is 39.8 Å². The Kier molecular flexibility index (Phi) is 4.10. The standard InChI is InChI=1S/C12H19NO2S/c1-8(14)11(15)13-10(12(2,3)4)9-6-5-7-16-9/h5-8,10,14H,1-4H3,(H,13,15). The summed E-state index contributed by atoms with van der Waals surface area (Å²) in [5.41, 5.74) is -0.0740. The van der Waals surface area contributed by atoms with Crippen molar-refractivity contribution >= 4 is 17.2 Å². The van der Waals surface area contributed by atoms with Crippen LogP contribution in [-0.2, 0) is 4.79 Å². The van der Waals surface area contributed by atoms with Crippen LogP contribution in [0.5, 0.6) is 0 Å². The fourth-order valence-electron chi connectivity index (χ4n) is 1.43. The average molecular weight is 241 g/mol. The lowest BCUT2D eigenvalue weighted by Gasteiger charge is -2.31. The van der Waals surface area contributed by atoms with Crippen LogP contribution in [0.1, 0.15) is 38.6 Å². The molecule has 0 saturated carbocycles. The molecule has 0 spiro atoms. The van der Waals surface area contributed by atoms with E-state index in [9.17, 15) is 9.90 Å². The molecule has 2 unspecified atom stereocenters. The molecule has 0 saturated heterocycles. The Morgan fingerprint density at radius 2 is 2.12 bits per heavy atom. The molecule has 3 nitrogen and oxygen atoms in total. The highest BCUT2D eigenvalue weighted by atomic mass is 32.1. The first-order chi connectivity index (χ1) is 7.32. The normalized spacial score (nSPS) is 15.6. The fourth-order valence-corrected chi connectivity index (χ4v) is 2.45. The van der Waals surface area contributed by atoms with Gasteiger partial charge in [-0.3, -0.25) is 4.79 Å². The SMILES string of the molecule is CC(O)C(=O)NC(c1cccs1)C(C)(C)C. The van der Waals surface area contributed by atoms with Gasteiger partial charge >= 0.3 is 0 Å². The van der Waals surface area contributed by atoms with Gasteiger partial charge in [-0.25, -0.2) is 0 Å². The van der Waals surface area contributed by atoms with E-state index in [1.54, 1.807) is 11.3 Å². The van der Waals surface area contributed by atoms with E-state index in [-0.39, 0.29) is 17.4 Å². The van der Waals surface area contributed by atoms with Crippen molar-refractivity contribution in [3.05, 3.63) is 22.4 Å². The number of aliphatic hydroxyl groups is 1. The molecular weight excluding hydrogens is 222 g/mol. The molecular formula is C12H19NO2S. The van der Waals surface area contributed by atoms with E-state index in [1.165, 1.54) is 6.92 Å².